The van der Waals surface area contributed by atoms with Crippen molar-refractivity contribution in [2.24, 2.45) is 0 Å². The van der Waals surface area contributed by atoms with Crippen LogP contribution in [0, 0.1) is 6.92 Å². The summed E-state index contributed by atoms with van der Waals surface area (Å²) in [5, 5.41) is 2.88. The number of rotatable bonds is 4. The van der Waals surface area contributed by atoms with Gasteiger partial charge in [-0.3, -0.25) is 4.79 Å². The molecule has 0 fully saturated rings. The molecule has 0 aliphatic heterocycles. The molecule has 23 heavy (non-hydrogen) atoms. The van der Waals surface area contributed by atoms with Gasteiger partial charge < -0.3 is 20.0 Å². The van der Waals surface area contributed by atoms with Crippen LogP contribution in [0.15, 0.2) is 41.2 Å². The predicted molar refractivity (Wildman–Crippen MR) is 89.0 cm³/mol. The molecule has 0 unspecified atom stereocenters. The van der Waals surface area contributed by atoms with Crippen LogP contribution in [0.25, 0.3) is 11.0 Å². The minimum absolute atomic E-state index is 0.115. The molecule has 0 spiro atoms. The van der Waals surface area contributed by atoms with Gasteiger partial charge in [0.1, 0.15) is 5.75 Å². The first-order valence-electron chi connectivity index (χ1n) is 7.20. The molecule has 3 rings (SSSR count). The van der Waals surface area contributed by atoms with Gasteiger partial charge in [0.05, 0.1) is 24.6 Å². The Bertz CT molecular complexity index is 907. The number of benzene rings is 2. The number of ether oxygens (including phenoxy) is 1. The molecule has 0 radical (unpaired) electrons. The van der Waals surface area contributed by atoms with Crippen molar-refractivity contribution in [1.29, 1.82) is 0 Å². The highest BCUT2D eigenvalue weighted by atomic mass is 16.5. The molecule has 1 heterocycles. The summed E-state index contributed by atoms with van der Waals surface area (Å²) < 4.78 is 5.10. The average molecular weight is 311 g/mol. The molecule has 0 aliphatic carbocycles. The maximum absolute atomic E-state index is 12.2. The van der Waals surface area contributed by atoms with Gasteiger partial charge >= 0.3 is 5.69 Å². The van der Waals surface area contributed by atoms with Crippen molar-refractivity contribution in [1.82, 2.24) is 9.97 Å². The van der Waals surface area contributed by atoms with E-state index >= 15 is 0 Å². The summed E-state index contributed by atoms with van der Waals surface area (Å²) in [4.78, 5) is 28.9. The second-order valence-electron chi connectivity index (χ2n) is 5.36. The van der Waals surface area contributed by atoms with E-state index in [0.29, 0.717) is 11.2 Å². The Labute approximate surface area is 132 Å². The van der Waals surface area contributed by atoms with Crippen LogP contribution in [-0.4, -0.2) is 23.0 Å². The van der Waals surface area contributed by atoms with Crippen LogP contribution in [-0.2, 0) is 11.2 Å². The number of aromatic amines is 2. The molecule has 6 nitrogen and oxygen atoms in total. The number of amides is 1. The first kappa shape index (κ1) is 14.9. The molecule has 118 valence electrons. The monoisotopic (exact) mass is 311 g/mol. The number of hydrogen-bond acceptors (Lipinski definition) is 3. The Kier molecular flexibility index (Phi) is 3.89. The fourth-order valence-electron chi connectivity index (χ4n) is 2.45. The highest BCUT2D eigenvalue weighted by molar-refractivity contribution is 5.95. The number of carbonyl (C=O) groups is 1. The Hall–Kier alpha value is -3.02. The number of fused-ring (bicyclic) bond motifs is 1. The molecule has 6 heteroatoms. The molecule has 0 aliphatic rings. The van der Waals surface area contributed by atoms with Crippen molar-refractivity contribution in [2.75, 3.05) is 12.4 Å². The van der Waals surface area contributed by atoms with Gasteiger partial charge in [-0.05, 0) is 42.3 Å². The van der Waals surface area contributed by atoms with E-state index in [1.54, 1.807) is 13.2 Å². The normalized spacial score (nSPS) is 10.7. The molecule has 0 saturated heterocycles. The summed E-state index contributed by atoms with van der Waals surface area (Å²) in [6.07, 6.45) is 0.269. The van der Waals surface area contributed by atoms with E-state index in [0.717, 1.165) is 22.4 Å². The number of imidazole rings is 1. The van der Waals surface area contributed by atoms with Gasteiger partial charge in [-0.1, -0.05) is 12.1 Å². The molecule has 2 aromatic carbocycles. The van der Waals surface area contributed by atoms with E-state index in [-0.39, 0.29) is 18.0 Å². The summed E-state index contributed by atoms with van der Waals surface area (Å²) in [6.45, 7) is 1.88. The van der Waals surface area contributed by atoms with Crippen LogP contribution in [0.3, 0.4) is 0 Å². The fourth-order valence-corrected chi connectivity index (χ4v) is 2.45. The average Bonchev–Trinajstić information content (AvgIpc) is 2.87. The van der Waals surface area contributed by atoms with Gasteiger partial charge in [0.15, 0.2) is 0 Å². The van der Waals surface area contributed by atoms with Crippen LogP contribution in [0.4, 0.5) is 5.69 Å². The Morgan fingerprint density at radius 3 is 2.43 bits per heavy atom. The standard InChI is InChI=1S/C17H17N3O3/c1-10-7-14-15(20-17(22)19-14)9-13(10)18-16(21)8-11-3-5-12(23-2)6-4-11/h3-7,9H,8H2,1-2H3,(H,18,21)(H2,19,20,22). The minimum Gasteiger partial charge on any atom is -0.497 e. The fraction of sp³-hybridized carbons (Fsp3) is 0.176. The third-order valence-corrected chi connectivity index (χ3v) is 3.66. The lowest BCUT2D eigenvalue weighted by atomic mass is 10.1. The number of aryl methyl sites for hydroxylation is 1. The van der Waals surface area contributed by atoms with Crippen molar-refractivity contribution < 1.29 is 9.53 Å². The number of H-pyrrole nitrogens is 2. The van der Waals surface area contributed by atoms with Crippen LogP contribution in [0.1, 0.15) is 11.1 Å². The van der Waals surface area contributed by atoms with Crippen molar-refractivity contribution in [3.8, 4) is 5.75 Å². The zero-order valence-corrected chi connectivity index (χ0v) is 12.9. The van der Waals surface area contributed by atoms with E-state index < -0.39 is 0 Å². The molecule has 0 bridgehead atoms. The maximum atomic E-state index is 12.2. The molecular formula is C17H17N3O3. The van der Waals surface area contributed by atoms with Gasteiger partial charge in [-0.15, -0.1) is 0 Å². The third kappa shape index (κ3) is 3.26. The summed E-state index contributed by atoms with van der Waals surface area (Å²) in [5.74, 6) is 0.641. The van der Waals surface area contributed by atoms with Crippen molar-refractivity contribution in [3.63, 3.8) is 0 Å². The van der Waals surface area contributed by atoms with Crippen LogP contribution in [0.2, 0.25) is 0 Å². The Morgan fingerprint density at radius 2 is 1.78 bits per heavy atom. The number of carbonyl (C=O) groups excluding carboxylic acids is 1. The summed E-state index contributed by atoms with van der Waals surface area (Å²) in [5.41, 5.74) is 3.60. The molecule has 0 saturated carbocycles. The molecule has 3 N–H and O–H groups in total. The number of hydrogen-bond donors (Lipinski definition) is 3. The molecule has 1 amide bonds. The molecule has 1 aromatic heterocycles. The Balaban J connectivity index is 1.76. The largest absolute Gasteiger partial charge is 0.497 e. The van der Waals surface area contributed by atoms with E-state index in [2.05, 4.69) is 15.3 Å². The van der Waals surface area contributed by atoms with Gasteiger partial charge in [0.25, 0.3) is 0 Å². The Morgan fingerprint density at radius 1 is 1.13 bits per heavy atom. The number of anilines is 1. The summed E-state index contributed by atoms with van der Waals surface area (Å²) in [7, 11) is 1.60. The highest BCUT2D eigenvalue weighted by Crippen LogP contribution is 2.21. The molecule has 0 atom stereocenters. The van der Waals surface area contributed by atoms with Crippen molar-refractivity contribution >= 4 is 22.6 Å². The zero-order valence-electron chi connectivity index (χ0n) is 12.9. The topological polar surface area (TPSA) is 87.0 Å². The second-order valence-corrected chi connectivity index (χ2v) is 5.36. The lowest BCUT2D eigenvalue weighted by Crippen LogP contribution is -2.15. The van der Waals surface area contributed by atoms with Crippen molar-refractivity contribution in [3.05, 3.63) is 58.0 Å². The first-order chi connectivity index (χ1) is 11.0. The first-order valence-corrected chi connectivity index (χ1v) is 7.20. The molecular weight excluding hydrogens is 294 g/mol. The van der Waals surface area contributed by atoms with Crippen LogP contribution >= 0.6 is 0 Å². The molecule has 3 aromatic rings. The van der Waals surface area contributed by atoms with E-state index in [1.165, 1.54) is 0 Å². The number of aromatic nitrogens is 2. The lowest BCUT2D eigenvalue weighted by Gasteiger charge is -2.09. The van der Waals surface area contributed by atoms with E-state index in [9.17, 15) is 9.59 Å². The minimum atomic E-state index is -0.263. The van der Waals surface area contributed by atoms with Crippen LogP contribution < -0.4 is 15.7 Å². The van der Waals surface area contributed by atoms with Gasteiger partial charge in [-0.25, -0.2) is 4.79 Å². The summed E-state index contributed by atoms with van der Waals surface area (Å²) in [6, 6.07) is 11.0. The van der Waals surface area contributed by atoms with E-state index in [1.807, 2.05) is 37.3 Å². The van der Waals surface area contributed by atoms with Crippen LogP contribution in [0.5, 0.6) is 5.75 Å². The van der Waals surface area contributed by atoms with Gasteiger partial charge in [0.2, 0.25) is 5.91 Å². The lowest BCUT2D eigenvalue weighted by molar-refractivity contribution is -0.115. The maximum Gasteiger partial charge on any atom is 0.323 e. The van der Waals surface area contributed by atoms with Gasteiger partial charge in [0, 0.05) is 5.69 Å². The second kappa shape index (κ2) is 6.00. The highest BCUT2D eigenvalue weighted by Gasteiger charge is 2.09. The number of methoxy groups -OCH3 is 1. The third-order valence-electron chi connectivity index (χ3n) is 3.66. The zero-order chi connectivity index (χ0) is 16.4. The predicted octanol–water partition coefficient (Wildman–Crippen LogP) is 2.35. The van der Waals surface area contributed by atoms with Gasteiger partial charge in [-0.2, -0.15) is 0 Å². The quantitative estimate of drug-likeness (QED) is 0.691. The SMILES string of the molecule is COc1ccc(CC(=O)Nc2cc3[nH]c(=O)[nH]c3cc2C)cc1. The van der Waals surface area contributed by atoms with E-state index in [4.69, 9.17) is 4.74 Å². The van der Waals surface area contributed by atoms with Crippen molar-refractivity contribution in [2.45, 2.75) is 13.3 Å². The summed E-state index contributed by atoms with van der Waals surface area (Å²) >= 11 is 0. The smallest absolute Gasteiger partial charge is 0.323 e. The number of nitrogens with one attached hydrogen (secondary N) is 3.